The third-order valence-electron chi connectivity index (χ3n) is 1.87. The zero-order chi connectivity index (χ0) is 11.3. The van der Waals surface area contributed by atoms with Crippen molar-refractivity contribution < 1.29 is 14.3 Å². The van der Waals surface area contributed by atoms with Gasteiger partial charge in [-0.05, 0) is 29.8 Å². The van der Waals surface area contributed by atoms with E-state index in [1.54, 1.807) is 32.4 Å². The van der Waals surface area contributed by atoms with Crippen molar-refractivity contribution in [2.45, 2.75) is 0 Å². The lowest BCUT2D eigenvalue weighted by molar-refractivity contribution is -0.104. The van der Waals surface area contributed by atoms with Crippen LogP contribution in [0.1, 0.15) is 5.56 Å². The van der Waals surface area contributed by atoms with Crippen molar-refractivity contribution in [2.75, 3.05) is 14.2 Å². The van der Waals surface area contributed by atoms with Gasteiger partial charge in [-0.1, -0.05) is 11.6 Å². The van der Waals surface area contributed by atoms with Gasteiger partial charge >= 0.3 is 0 Å². The summed E-state index contributed by atoms with van der Waals surface area (Å²) in [7, 11) is 3.10. The van der Waals surface area contributed by atoms with Crippen molar-refractivity contribution in [1.82, 2.24) is 0 Å². The number of hydrogen-bond acceptors (Lipinski definition) is 3. The van der Waals surface area contributed by atoms with Crippen LogP contribution in [0.15, 0.2) is 24.3 Å². The minimum absolute atomic E-state index is 0.367. The number of allylic oxidation sites excluding steroid dienone is 1. The van der Waals surface area contributed by atoms with Crippen molar-refractivity contribution in [3.63, 3.8) is 0 Å². The highest BCUT2D eigenvalue weighted by atomic mass is 35.5. The lowest BCUT2D eigenvalue weighted by atomic mass is 10.2. The molecule has 80 valence electrons. The molecule has 0 radical (unpaired) electrons. The standard InChI is InChI=1S/C11H11ClO3/c1-14-10-4-3-8(7-11(10)15-2)9(12)5-6-13/h3-7H,1-2H3/b9-5-. The maximum atomic E-state index is 10.2. The first-order valence-corrected chi connectivity index (χ1v) is 4.64. The topological polar surface area (TPSA) is 35.5 Å². The summed E-state index contributed by atoms with van der Waals surface area (Å²) in [6, 6.07) is 5.19. The summed E-state index contributed by atoms with van der Waals surface area (Å²) >= 11 is 5.86. The highest BCUT2D eigenvalue weighted by molar-refractivity contribution is 6.49. The van der Waals surface area contributed by atoms with Gasteiger partial charge in [0.05, 0.1) is 19.3 Å². The molecule has 0 saturated heterocycles. The maximum Gasteiger partial charge on any atom is 0.161 e. The Balaban J connectivity index is 3.13. The van der Waals surface area contributed by atoms with Gasteiger partial charge in [0.15, 0.2) is 11.5 Å². The first kappa shape index (κ1) is 11.6. The molecule has 0 unspecified atom stereocenters. The van der Waals surface area contributed by atoms with Crippen LogP contribution >= 0.6 is 11.6 Å². The van der Waals surface area contributed by atoms with Gasteiger partial charge in [0.1, 0.15) is 6.29 Å². The number of methoxy groups -OCH3 is 2. The Morgan fingerprint density at radius 1 is 1.27 bits per heavy atom. The molecule has 0 bridgehead atoms. The van der Waals surface area contributed by atoms with E-state index in [1.165, 1.54) is 6.08 Å². The summed E-state index contributed by atoms with van der Waals surface area (Å²) in [6.07, 6.45) is 1.92. The number of ether oxygens (including phenoxy) is 2. The van der Waals surface area contributed by atoms with Gasteiger partial charge in [-0.3, -0.25) is 4.79 Å². The van der Waals surface area contributed by atoms with Crippen LogP contribution in [-0.4, -0.2) is 20.5 Å². The van der Waals surface area contributed by atoms with E-state index in [1.807, 2.05) is 0 Å². The third-order valence-corrected chi connectivity index (χ3v) is 2.22. The molecule has 0 amide bonds. The quantitative estimate of drug-likeness (QED) is 0.585. The molecular formula is C11H11ClO3. The molecule has 0 aliphatic heterocycles. The zero-order valence-electron chi connectivity index (χ0n) is 8.49. The second-order valence-corrected chi connectivity index (χ2v) is 3.13. The fraction of sp³-hybridized carbons (Fsp3) is 0.182. The molecule has 1 aromatic carbocycles. The number of aldehydes is 1. The maximum absolute atomic E-state index is 10.2. The number of halogens is 1. The SMILES string of the molecule is COc1ccc(/C(Cl)=C/C=O)cc1OC. The average Bonchev–Trinajstić information content (AvgIpc) is 2.28. The van der Waals surface area contributed by atoms with E-state index >= 15 is 0 Å². The van der Waals surface area contributed by atoms with Crippen LogP contribution < -0.4 is 9.47 Å². The fourth-order valence-corrected chi connectivity index (χ4v) is 1.31. The molecule has 15 heavy (non-hydrogen) atoms. The molecule has 1 rings (SSSR count). The number of carbonyl (C=O) groups is 1. The van der Waals surface area contributed by atoms with Gasteiger partial charge in [0.2, 0.25) is 0 Å². The van der Waals surface area contributed by atoms with E-state index in [2.05, 4.69) is 0 Å². The normalized spacial score (nSPS) is 11.0. The first-order valence-electron chi connectivity index (χ1n) is 4.26. The van der Waals surface area contributed by atoms with E-state index in [0.717, 1.165) is 0 Å². The molecule has 0 aliphatic rings. The average molecular weight is 227 g/mol. The fourth-order valence-electron chi connectivity index (χ4n) is 1.14. The Morgan fingerprint density at radius 2 is 1.93 bits per heavy atom. The summed E-state index contributed by atoms with van der Waals surface area (Å²) in [5.41, 5.74) is 0.710. The van der Waals surface area contributed by atoms with Crippen LogP contribution in [0.5, 0.6) is 11.5 Å². The predicted octanol–water partition coefficient (Wildman–Crippen LogP) is 2.48. The second-order valence-electron chi connectivity index (χ2n) is 2.72. The highest BCUT2D eigenvalue weighted by Crippen LogP contribution is 2.31. The Labute approximate surface area is 93.3 Å². The van der Waals surface area contributed by atoms with Gasteiger partial charge in [-0.25, -0.2) is 0 Å². The molecule has 0 heterocycles. The number of rotatable bonds is 4. The zero-order valence-corrected chi connectivity index (χ0v) is 9.25. The monoisotopic (exact) mass is 226 g/mol. The van der Waals surface area contributed by atoms with Crippen molar-refractivity contribution in [2.24, 2.45) is 0 Å². The minimum Gasteiger partial charge on any atom is -0.493 e. The Bertz CT molecular complexity index is 385. The Kier molecular flexibility index (Phi) is 4.18. The minimum atomic E-state index is 0.367. The Hall–Kier alpha value is -1.48. The lowest BCUT2D eigenvalue weighted by Gasteiger charge is -2.08. The summed E-state index contributed by atoms with van der Waals surface area (Å²) in [6.45, 7) is 0. The van der Waals surface area contributed by atoms with E-state index in [4.69, 9.17) is 21.1 Å². The summed E-state index contributed by atoms with van der Waals surface area (Å²) in [4.78, 5) is 10.2. The van der Waals surface area contributed by atoms with Crippen LogP contribution in [-0.2, 0) is 4.79 Å². The number of carbonyl (C=O) groups excluding carboxylic acids is 1. The molecular weight excluding hydrogens is 216 g/mol. The molecule has 0 aliphatic carbocycles. The van der Waals surface area contributed by atoms with Crippen LogP contribution in [0.3, 0.4) is 0 Å². The van der Waals surface area contributed by atoms with E-state index in [-0.39, 0.29) is 0 Å². The molecule has 0 fully saturated rings. The van der Waals surface area contributed by atoms with Crippen molar-refractivity contribution in [1.29, 1.82) is 0 Å². The smallest absolute Gasteiger partial charge is 0.161 e. The number of hydrogen-bond donors (Lipinski definition) is 0. The third kappa shape index (κ3) is 2.73. The molecule has 0 saturated carbocycles. The van der Waals surface area contributed by atoms with Crippen molar-refractivity contribution in [3.05, 3.63) is 29.8 Å². The number of benzene rings is 1. The van der Waals surface area contributed by atoms with Crippen LogP contribution in [0.25, 0.3) is 5.03 Å². The lowest BCUT2D eigenvalue weighted by Crippen LogP contribution is -1.91. The molecule has 4 heteroatoms. The molecule has 0 N–H and O–H groups in total. The van der Waals surface area contributed by atoms with Gasteiger partial charge in [-0.2, -0.15) is 0 Å². The van der Waals surface area contributed by atoms with Crippen LogP contribution in [0, 0.1) is 0 Å². The van der Waals surface area contributed by atoms with Gasteiger partial charge in [0.25, 0.3) is 0 Å². The molecule has 1 aromatic rings. The van der Waals surface area contributed by atoms with Crippen molar-refractivity contribution in [3.8, 4) is 11.5 Å². The summed E-state index contributed by atoms with van der Waals surface area (Å²) in [5, 5.41) is 0.367. The van der Waals surface area contributed by atoms with Gasteiger partial charge < -0.3 is 9.47 Å². The summed E-state index contributed by atoms with van der Waals surface area (Å²) in [5.74, 6) is 1.20. The van der Waals surface area contributed by atoms with Gasteiger partial charge in [-0.15, -0.1) is 0 Å². The van der Waals surface area contributed by atoms with Gasteiger partial charge in [0, 0.05) is 0 Å². The van der Waals surface area contributed by atoms with E-state index in [9.17, 15) is 4.79 Å². The second kappa shape index (κ2) is 5.41. The van der Waals surface area contributed by atoms with Crippen LogP contribution in [0.4, 0.5) is 0 Å². The van der Waals surface area contributed by atoms with E-state index in [0.29, 0.717) is 28.4 Å². The molecule has 3 nitrogen and oxygen atoms in total. The first-order chi connectivity index (χ1) is 7.22. The largest absolute Gasteiger partial charge is 0.493 e. The Morgan fingerprint density at radius 3 is 2.47 bits per heavy atom. The van der Waals surface area contributed by atoms with E-state index < -0.39 is 0 Å². The molecule has 0 spiro atoms. The highest BCUT2D eigenvalue weighted by Gasteiger charge is 2.06. The van der Waals surface area contributed by atoms with Crippen molar-refractivity contribution >= 4 is 22.9 Å². The predicted molar refractivity (Wildman–Crippen MR) is 59.4 cm³/mol. The molecule has 0 aromatic heterocycles. The summed E-state index contributed by atoms with van der Waals surface area (Å²) < 4.78 is 10.2. The molecule has 0 atom stereocenters. The van der Waals surface area contributed by atoms with Crippen LogP contribution in [0.2, 0.25) is 0 Å².